The van der Waals surface area contributed by atoms with E-state index in [-0.39, 0.29) is 5.54 Å². The lowest BCUT2D eigenvalue weighted by molar-refractivity contribution is -0.00418. The average molecular weight is 316 g/mol. The number of hydrogen-bond donors (Lipinski definition) is 1. The summed E-state index contributed by atoms with van der Waals surface area (Å²) in [5.41, 5.74) is 0.626. The van der Waals surface area contributed by atoms with Gasteiger partial charge in [0, 0.05) is 12.1 Å². The van der Waals surface area contributed by atoms with E-state index in [4.69, 9.17) is 0 Å². The van der Waals surface area contributed by atoms with Gasteiger partial charge in [0.15, 0.2) is 0 Å². The molecule has 0 radical (unpaired) electrons. The van der Waals surface area contributed by atoms with E-state index in [0.717, 1.165) is 29.8 Å². The van der Waals surface area contributed by atoms with Crippen LogP contribution in [0.2, 0.25) is 0 Å². The van der Waals surface area contributed by atoms with E-state index in [1.807, 2.05) is 11.6 Å². The van der Waals surface area contributed by atoms with Crippen molar-refractivity contribution in [3.63, 3.8) is 0 Å². The second kappa shape index (κ2) is 5.31. The average Bonchev–Trinajstić information content (AvgIpc) is 2.96. The second-order valence-electron chi connectivity index (χ2n) is 5.44. The lowest BCUT2D eigenvalue weighted by Gasteiger charge is -2.39. The smallest absolute Gasteiger partial charge is 0.114 e. The van der Waals surface area contributed by atoms with Crippen LogP contribution in [0.3, 0.4) is 0 Å². The molecule has 1 N–H and O–H groups in total. The number of aliphatic hydroxyl groups excluding tert-OH is 1. The van der Waals surface area contributed by atoms with Crippen LogP contribution in [-0.4, -0.2) is 38.4 Å². The molecule has 1 aromatic rings. The quantitative estimate of drug-likeness (QED) is 0.928. The first-order valence-corrected chi connectivity index (χ1v) is 7.42. The molecule has 1 aromatic heterocycles. The van der Waals surface area contributed by atoms with Crippen LogP contribution in [0.5, 0.6) is 0 Å². The van der Waals surface area contributed by atoms with Gasteiger partial charge in [0.25, 0.3) is 0 Å². The van der Waals surface area contributed by atoms with E-state index in [1.54, 1.807) is 6.20 Å². The molecule has 0 amide bonds. The molecule has 5 heteroatoms. The van der Waals surface area contributed by atoms with Crippen LogP contribution in [0.1, 0.15) is 45.4 Å². The van der Waals surface area contributed by atoms with Crippen LogP contribution in [0, 0.1) is 0 Å². The standard InChI is InChI=1S/C13H22BrN3O/c1-4-17-11(10(14)9-15-17)12(18)13(2,3)16-7-5-6-8-16/h9,12,18H,4-8H2,1-3H3. The first-order chi connectivity index (χ1) is 8.48. The molecule has 0 saturated carbocycles. The molecule has 18 heavy (non-hydrogen) atoms. The highest BCUT2D eigenvalue weighted by molar-refractivity contribution is 9.10. The maximum atomic E-state index is 10.8. The van der Waals surface area contributed by atoms with Crippen molar-refractivity contribution in [3.05, 3.63) is 16.4 Å². The fourth-order valence-corrected chi connectivity index (χ4v) is 3.21. The third-order valence-electron chi connectivity index (χ3n) is 3.98. The van der Waals surface area contributed by atoms with E-state index in [1.165, 1.54) is 12.8 Å². The van der Waals surface area contributed by atoms with Crippen molar-refractivity contribution in [2.45, 2.75) is 51.8 Å². The molecular formula is C13H22BrN3O. The third kappa shape index (κ3) is 2.36. The summed E-state index contributed by atoms with van der Waals surface area (Å²) >= 11 is 3.50. The summed E-state index contributed by atoms with van der Waals surface area (Å²) in [6, 6.07) is 0. The Morgan fingerprint density at radius 1 is 1.44 bits per heavy atom. The largest absolute Gasteiger partial charge is 0.385 e. The van der Waals surface area contributed by atoms with Crippen LogP contribution in [0.15, 0.2) is 10.7 Å². The van der Waals surface area contributed by atoms with Gasteiger partial charge in [0.05, 0.1) is 16.4 Å². The Hall–Kier alpha value is -0.390. The van der Waals surface area contributed by atoms with Crippen molar-refractivity contribution in [2.24, 2.45) is 0 Å². The molecule has 1 atom stereocenters. The Bertz CT molecular complexity index is 410. The third-order valence-corrected chi connectivity index (χ3v) is 4.59. The second-order valence-corrected chi connectivity index (χ2v) is 6.30. The van der Waals surface area contributed by atoms with E-state index in [9.17, 15) is 5.11 Å². The molecule has 0 aliphatic carbocycles. The SMILES string of the molecule is CCn1ncc(Br)c1C(O)C(C)(C)N1CCCC1. The highest BCUT2D eigenvalue weighted by atomic mass is 79.9. The highest BCUT2D eigenvalue weighted by Crippen LogP contribution is 2.36. The lowest BCUT2D eigenvalue weighted by Crippen LogP contribution is -2.47. The maximum absolute atomic E-state index is 10.8. The van der Waals surface area contributed by atoms with E-state index in [0.29, 0.717) is 0 Å². The molecule has 0 aromatic carbocycles. The molecule has 102 valence electrons. The van der Waals surface area contributed by atoms with Gasteiger partial charge in [0.1, 0.15) is 6.10 Å². The zero-order valence-electron chi connectivity index (χ0n) is 11.4. The minimum atomic E-state index is -0.535. The van der Waals surface area contributed by atoms with Gasteiger partial charge in [-0.15, -0.1) is 0 Å². The number of halogens is 1. The predicted molar refractivity (Wildman–Crippen MR) is 75.4 cm³/mol. The summed E-state index contributed by atoms with van der Waals surface area (Å²) in [6.07, 6.45) is 3.68. The van der Waals surface area contributed by atoms with Crippen LogP contribution >= 0.6 is 15.9 Å². The predicted octanol–water partition coefficient (Wildman–Crippen LogP) is 2.57. The van der Waals surface area contributed by atoms with Crippen molar-refractivity contribution in [3.8, 4) is 0 Å². The van der Waals surface area contributed by atoms with Crippen molar-refractivity contribution < 1.29 is 5.11 Å². The maximum Gasteiger partial charge on any atom is 0.114 e. The lowest BCUT2D eigenvalue weighted by atomic mass is 9.92. The summed E-state index contributed by atoms with van der Waals surface area (Å²) in [7, 11) is 0. The molecule has 0 spiro atoms. The summed E-state index contributed by atoms with van der Waals surface area (Å²) in [5, 5.41) is 15.0. The van der Waals surface area contributed by atoms with Gasteiger partial charge in [-0.3, -0.25) is 9.58 Å². The Morgan fingerprint density at radius 3 is 2.61 bits per heavy atom. The minimum absolute atomic E-state index is 0.258. The van der Waals surface area contributed by atoms with E-state index in [2.05, 4.69) is 39.8 Å². The Labute approximate surface area is 117 Å². The van der Waals surface area contributed by atoms with Crippen LogP contribution in [0.4, 0.5) is 0 Å². The van der Waals surface area contributed by atoms with Crippen LogP contribution in [-0.2, 0) is 6.54 Å². The van der Waals surface area contributed by atoms with Crippen molar-refractivity contribution in [1.29, 1.82) is 0 Å². The summed E-state index contributed by atoms with van der Waals surface area (Å²) in [4.78, 5) is 2.37. The summed E-state index contributed by atoms with van der Waals surface area (Å²) in [6.45, 7) is 9.18. The topological polar surface area (TPSA) is 41.3 Å². The number of hydrogen-bond acceptors (Lipinski definition) is 3. The summed E-state index contributed by atoms with van der Waals surface area (Å²) < 4.78 is 2.76. The van der Waals surface area contributed by atoms with Crippen molar-refractivity contribution in [2.75, 3.05) is 13.1 Å². The van der Waals surface area contributed by atoms with Crippen molar-refractivity contribution in [1.82, 2.24) is 14.7 Å². The Kier molecular flexibility index (Phi) is 4.14. The Morgan fingerprint density at radius 2 is 2.06 bits per heavy atom. The molecule has 2 heterocycles. The first kappa shape index (κ1) is 14.0. The molecular weight excluding hydrogens is 294 g/mol. The Balaban J connectivity index is 2.28. The van der Waals surface area contributed by atoms with Crippen LogP contribution < -0.4 is 0 Å². The van der Waals surface area contributed by atoms with Gasteiger partial charge in [-0.2, -0.15) is 5.10 Å². The zero-order chi connectivity index (χ0) is 13.3. The molecule has 1 aliphatic heterocycles. The van der Waals surface area contributed by atoms with Gasteiger partial charge in [-0.1, -0.05) is 0 Å². The molecule has 1 saturated heterocycles. The van der Waals surface area contributed by atoms with Gasteiger partial charge >= 0.3 is 0 Å². The molecule has 1 unspecified atom stereocenters. The fourth-order valence-electron chi connectivity index (χ4n) is 2.70. The number of aliphatic hydroxyl groups is 1. The van der Waals surface area contributed by atoms with Crippen molar-refractivity contribution >= 4 is 15.9 Å². The van der Waals surface area contributed by atoms with Gasteiger partial charge in [-0.25, -0.2) is 0 Å². The highest BCUT2D eigenvalue weighted by Gasteiger charge is 2.39. The first-order valence-electron chi connectivity index (χ1n) is 6.62. The normalized spacial score (nSPS) is 19.4. The van der Waals surface area contributed by atoms with Gasteiger partial charge in [0.2, 0.25) is 0 Å². The molecule has 2 rings (SSSR count). The van der Waals surface area contributed by atoms with Gasteiger partial charge < -0.3 is 5.11 Å². The monoisotopic (exact) mass is 315 g/mol. The number of likely N-dealkylation sites (tertiary alicyclic amines) is 1. The number of aryl methyl sites for hydroxylation is 1. The molecule has 0 bridgehead atoms. The number of rotatable bonds is 4. The zero-order valence-corrected chi connectivity index (χ0v) is 12.9. The number of aromatic nitrogens is 2. The van der Waals surface area contributed by atoms with Gasteiger partial charge in [-0.05, 0) is 62.6 Å². The number of nitrogens with zero attached hydrogens (tertiary/aromatic N) is 3. The summed E-state index contributed by atoms with van der Waals surface area (Å²) in [5.74, 6) is 0. The molecule has 4 nitrogen and oxygen atoms in total. The van der Waals surface area contributed by atoms with E-state index >= 15 is 0 Å². The van der Waals surface area contributed by atoms with Crippen LogP contribution in [0.25, 0.3) is 0 Å². The van der Waals surface area contributed by atoms with E-state index < -0.39 is 6.10 Å². The minimum Gasteiger partial charge on any atom is -0.385 e. The fraction of sp³-hybridized carbons (Fsp3) is 0.769. The molecule has 1 fully saturated rings. The molecule has 1 aliphatic rings.